The van der Waals surface area contributed by atoms with Crippen molar-refractivity contribution < 1.29 is 4.79 Å². The number of hydrogen-bond donors (Lipinski definition) is 0. The Morgan fingerprint density at radius 1 is 1.00 bits per heavy atom. The molecule has 3 aromatic rings. The Kier molecular flexibility index (Phi) is 4.97. The van der Waals surface area contributed by atoms with E-state index < -0.39 is 0 Å². The molecule has 0 N–H and O–H groups in total. The van der Waals surface area contributed by atoms with Crippen molar-refractivity contribution >= 4 is 17.7 Å². The zero-order valence-electron chi connectivity index (χ0n) is 14.3. The van der Waals surface area contributed by atoms with Gasteiger partial charge in [0.25, 0.3) is 5.91 Å². The number of benzene rings is 2. The molecule has 130 valence electrons. The van der Waals surface area contributed by atoms with Gasteiger partial charge >= 0.3 is 0 Å². The van der Waals surface area contributed by atoms with Crippen LogP contribution in [0.4, 0.5) is 0 Å². The zero-order chi connectivity index (χ0) is 17.8. The molecule has 4 nitrogen and oxygen atoms in total. The van der Waals surface area contributed by atoms with Gasteiger partial charge in [-0.05, 0) is 29.3 Å². The van der Waals surface area contributed by atoms with Gasteiger partial charge in [-0.1, -0.05) is 60.3 Å². The lowest BCUT2D eigenvalue weighted by Crippen LogP contribution is -2.36. The van der Waals surface area contributed by atoms with Crippen LogP contribution >= 0.6 is 11.8 Å². The molecule has 0 saturated carbocycles. The summed E-state index contributed by atoms with van der Waals surface area (Å²) in [6.07, 6.45) is 0.755. The van der Waals surface area contributed by atoms with Crippen molar-refractivity contribution in [3.05, 3.63) is 89.1 Å². The highest BCUT2D eigenvalue weighted by Gasteiger charge is 2.23. The molecule has 2 heterocycles. The van der Waals surface area contributed by atoms with E-state index in [1.165, 1.54) is 5.56 Å². The van der Waals surface area contributed by atoms with Gasteiger partial charge in [-0.15, -0.1) is 5.10 Å². The average molecular weight is 361 g/mol. The molecular weight excluding hydrogens is 342 g/mol. The van der Waals surface area contributed by atoms with E-state index in [1.54, 1.807) is 11.8 Å². The predicted molar refractivity (Wildman–Crippen MR) is 103 cm³/mol. The molecule has 26 heavy (non-hydrogen) atoms. The SMILES string of the molecule is O=C(c1ccccc1)N1CCc2nnc(SCc3ccccc3)cc2C1. The van der Waals surface area contributed by atoms with E-state index in [2.05, 4.69) is 28.4 Å². The first-order chi connectivity index (χ1) is 12.8. The first kappa shape index (κ1) is 16.8. The molecule has 0 bridgehead atoms. The minimum absolute atomic E-state index is 0.0755. The molecule has 1 aliphatic heterocycles. The number of thioether (sulfide) groups is 1. The third kappa shape index (κ3) is 3.78. The van der Waals surface area contributed by atoms with Crippen LogP contribution in [-0.2, 0) is 18.7 Å². The lowest BCUT2D eigenvalue weighted by Gasteiger charge is -2.28. The molecule has 0 atom stereocenters. The Hall–Kier alpha value is -2.66. The molecule has 0 radical (unpaired) electrons. The summed E-state index contributed by atoms with van der Waals surface area (Å²) in [6, 6.07) is 21.9. The van der Waals surface area contributed by atoms with E-state index in [4.69, 9.17) is 0 Å². The monoisotopic (exact) mass is 361 g/mol. The number of carbonyl (C=O) groups is 1. The third-order valence-corrected chi connectivity index (χ3v) is 5.43. The van der Waals surface area contributed by atoms with Crippen LogP contribution in [0.25, 0.3) is 0 Å². The summed E-state index contributed by atoms with van der Waals surface area (Å²) < 4.78 is 0. The van der Waals surface area contributed by atoms with Gasteiger partial charge in [-0.2, -0.15) is 5.10 Å². The van der Waals surface area contributed by atoms with Crippen molar-refractivity contribution in [3.8, 4) is 0 Å². The fourth-order valence-corrected chi connectivity index (χ4v) is 3.88. The highest BCUT2D eigenvalue weighted by molar-refractivity contribution is 7.98. The number of hydrogen-bond acceptors (Lipinski definition) is 4. The highest BCUT2D eigenvalue weighted by atomic mass is 32.2. The summed E-state index contributed by atoms with van der Waals surface area (Å²) >= 11 is 1.68. The molecular formula is C21H19N3OS. The fourth-order valence-electron chi connectivity index (χ4n) is 3.05. The maximum atomic E-state index is 12.7. The van der Waals surface area contributed by atoms with Gasteiger partial charge in [-0.3, -0.25) is 4.79 Å². The van der Waals surface area contributed by atoms with Crippen LogP contribution in [0.3, 0.4) is 0 Å². The molecule has 0 unspecified atom stereocenters. The molecule has 5 heteroatoms. The highest BCUT2D eigenvalue weighted by Crippen LogP contribution is 2.25. The van der Waals surface area contributed by atoms with Gasteiger partial charge in [0.15, 0.2) is 0 Å². The van der Waals surface area contributed by atoms with Crippen molar-refractivity contribution in [1.29, 1.82) is 0 Å². The third-order valence-electron chi connectivity index (χ3n) is 4.45. The second-order valence-corrected chi connectivity index (χ2v) is 7.27. The molecule has 0 saturated heterocycles. The number of rotatable bonds is 4. The first-order valence-corrected chi connectivity index (χ1v) is 9.65. The quantitative estimate of drug-likeness (QED) is 0.660. The molecule has 1 amide bonds. The number of fused-ring (bicyclic) bond motifs is 1. The van der Waals surface area contributed by atoms with Gasteiger partial charge in [0.05, 0.1) is 5.69 Å². The van der Waals surface area contributed by atoms with E-state index >= 15 is 0 Å². The molecule has 2 aromatic carbocycles. The Labute approximate surface area is 157 Å². The minimum Gasteiger partial charge on any atom is -0.334 e. The average Bonchev–Trinajstić information content (AvgIpc) is 2.72. The summed E-state index contributed by atoms with van der Waals surface area (Å²) in [5.74, 6) is 0.938. The maximum absolute atomic E-state index is 12.7. The van der Waals surface area contributed by atoms with E-state index in [-0.39, 0.29) is 5.91 Å². The Morgan fingerprint density at radius 2 is 1.73 bits per heavy atom. The molecule has 0 fully saturated rings. The van der Waals surface area contributed by atoms with E-state index in [0.29, 0.717) is 13.1 Å². The van der Waals surface area contributed by atoms with E-state index in [9.17, 15) is 4.79 Å². The number of carbonyl (C=O) groups excluding carboxylic acids is 1. The lowest BCUT2D eigenvalue weighted by molar-refractivity contribution is 0.0733. The van der Waals surface area contributed by atoms with Crippen LogP contribution in [-0.4, -0.2) is 27.5 Å². The maximum Gasteiger partial charge on any atom is 0.254 e. The Morgan fingerprint density at radius 3 is 2.50 bits per heavy atom. The van der Waals surface area contributed by atoms with Gasteiger partial charge < -0.3 is 4.90 Å². The van der Waals surface area contributed by atoms with Crippen LogP contribution in [0.15, 0.2) is 71.8 Å². The molecule has 1 aromatic heterocycles. The summed E-state index contributed by atoms with van der Waals surface area (Å²) in [6.45, 7) is 1.28. The van der Waals surface area contributed by atoms with Crippen molar-refractivity contribution in [1.82, 2.24) is 15.1 Å². The number of nitrogens with zero attached hydrogens (tertiary/aromatic N) is 3. The van der Waals surface area contributed by atoms with Gasteiger partial charge in [-0.25, -0.2) is 0 Å². The van der Waals surface area contributed by atoms with Crippen LogP contribution < -0.4 is 0 Å². The largest absolute Gasteiger partial charge is 0.334 e. The minimum atomic E-state index is 0.0755. The summed E-state index contributed by atoms with van der Waals surface area (Å²) in [4.78, 5) is 14.6. The second-order valence-electron chi connectivity index (χ2n) is 6.27. The predicted octanol–water partition coefficient (Wildman–Crippen LogP) is 3.97. The fraction of sp³-hybridized carbons (Fsp3) is 0.190. The van der Waals surface area contributed by atoms with Gasteiger partial charge in [0.2, 0.25) is 0 Å². The van der Waals surface area contributed by atoms with Gasteiger partial charge in [0, 0.05) is 30.8 Å². The summed E-state index contributed by atoms with van der Waals surface area (Å²) in [7, 11) is 0. The number of aromatic nitrogens is 2. The second kappa shape index (κ2) is 7.70. The van der Waals surface area contributed by atoms with Crippen molar-refractivity contribution in [2.75, 3.05) is 6.54 Å². The van der Waals surface area contributed by atoms with Crippen LogP contribution in [0.1, 0.15) is 27.2 Å². The van der Waals surface area contributed by atoms with E-state index in [1.807, 2.05) is 53.4 Å². The topological polar surface area (TPSA) is 46.1 Å². The van der Waals surface area contributed by atoms with Crippen LogP contribution in [0, 0.1) is 0 Å². The van der Waals surface area contributed by atoms with E-state index in [0.717, 1.165) is 34.0 Å². The van der Waals surface area contributed by atoms with Crippen molar-refractivity contribution in [3.63, 3.8) is 0 Å². The Balaban J connectivity index is 1.47. The van der Waals surface area contributed by atoms with Crippen molar-refractivity contribution in [2.45, 2.75) is 23.7 Å². The molecule has 0 aliphatic carbocycles. The summed E-state index contributed by atoms with van der Waals surface area (Å²) in [5.41, 5.74) is 4.10. The van der Waals surface area contributed by atoms with Crippen LogP contribution in [0.5, 0.6) is 0 Å². The first-order valence-electron chi connectivity index (χ1n) is 8.66. The van der Waals surface area contributed by atoms with Gasteiger partial charge in [0.1, 0.15) is 5.03 Å². The van der Waals surface area contributed by atoms with Crippen molar-refractivity contribution in [2.24, 2.45) is 0 Å². The van der Waals surface area contributed by atoms with Crippen LogP contribution in [0.2, 0.25) is 0 Å². The zero-order valence-corrected chi connectivity index (χ0v) is 15.2. The normalized spacial score (nSPS) is 13.3. The summed E-state index contributed by atoms with van der Waals surface area (Å²) in [5, 5.41) is 9.64. The smallest absolute Gasteiger partial charge is 0.254 e. The standard InChI is InChI=1S/C21H19N3OS/c25-21(17-9-5-2-6-10-17)24-12-11-19-18(14-24)13-20(23-22-19)26-15-16-7-3-1-4-8-16/h1-10,13H,11-12,14-15H2. The molecule has 0 spiro atoms. The molecule has 1 aliphatic rings. The number of amides is 1. The molecule has 4 rings (SSSR count). The Bertz CT molecular complexity index is 900. The lowest BCUT2D eigenvalue weighted by atomic mass is 10.1.